The Bertz CT molecular complexity index is 595. The predicted molar refractivity (Wildman–Crippen MR) is 89.0 cm³/mol. The van der Waals surface area contributed by atoms with Gasteiger partial charge < -0.3 is 10.2 Å². The third-order valence-corrected chi connectivity index (χ3v) is 3.80. The Morgan fingerprint density at radius 3 is 2.52 bits per heavy atom. The SMILES string of the molecule is CCC(C)N(C)c1cccc(NC(=O)c2ccccc2)c1. The Morgan fingerprint density at radius 2 is 1.86 bits per heavy atom. The zero-order chi connectivity index (χ0) is 15.2. The summed E-state index contributed by atoms with van der Waals surface area (Å²) in [6, 6.07) is 17.7. The molecule has 0 aromatic heterocycles. The van der Waals surface area contributed by atoms with Gasteiger partial charge in [-0.3, -0.25) is 4.79 Å². The molecule has 0 spiro atoms. The van der Waals surface area contributed by atoms with Crippen molar-refractivity contribution in [1.29, 1.82) is 0 Å². The summed E-state index contributed by atoms with van der Waals surface area (Å²) in [6.45, 7) is 4.36. The summed E-state index contributed by atoms with van der Waals surface area (Å²) < 4.78 is 0. The van der Waals surface area contributed by atoms with Crippen LogP contribution < -0.4 is 10.2 Å². The molecule has 2 aromatic rings. The van der Waals surface area contributed by atoms with Gasteiger partial charge in [0.1, 0.15) is 0 Å². The van der Waals surface area contributed by atoms with Crippen molar-refractivity contribution in [3.63, 3.8) is 0 Å². The second-order valence-corrected chi connectivity index (χ2v) is 5.24. The van der Waals surface area contributed by atoms with Crippen molar-refractivity contribution in [2.24, 2.45) is 0 Å². The summed E-state index contributed by atoms with van der Waals surface area (Å²) in [5.41, 5.74) is 2.59. The molecule has 0 aliphatic rings. The van der Waals surface area contributed by atoms with Gasteiger partial charge in [-0.05, 0) is 43.7 Å². The third kappa shape index (κ3) is 3.85. The number of carbonyl (C=O) groups is 1. The van der Waals surface area contributed by atoms with Crippen molar-refractivity contribution >= 4 is 17.3 Å². The van der Waals surface area contributed by atoms with Crippen LogP contribution in [0.25, 0.3) is 0 Å². The molecule has 0 bridgehead atoms. The molecule has 0 aliphatic heterocycles. The predicted octanol–water partition coefficient (Wildman–Crippen LogP) is 4.17. The van der Waals surface area contributed by atoms with E-state index in [-0.39, 0.29) is 5.91 Å². The maximum Gasteiger partial charge on any atom is 0.255 e. The van der Waals surface area contributed by atoms with Gasteiger partial charge in [-0.15, -0.1) is 0 Å². The van der Waals surface area contributed by atoms with Crippen molar-refractivity contribution in [1.82, 2.24) is 0 Å². The smallest absolute Gasteiger partial charge is 0.255 e. The van der Waals surface area contributed by atoms with E-state index in [0.717, 1.165) is 17.8 Å². The average molecular weight is 282 g/mol. The highest BCUT2D eigenvalue weighted by atomic mass is 16.1. The van der Waals surface area contributed by atoms with Crippen molar-refractivity contribution in [3.8, 4) is 0 Å². The van der Waals surface area contributed by atoms with Gasteiger partial charge in [0.25, 0.3) is 5.91 Å². The summed E-state index contributed by atoms with van der Waals surface area (Å²) in [5, 5.41) is 2.94. The lowest BCUT2D eigenvalue weighted by Gasteiger charge is -2.26. The minimum Gasteiger partial charge on any atom is -0.372 e. The maximum absolute atomic E-state index is 12.2. The summed E-state index contributed by atoms with van der Waals surface area (Å²) in [5.74, 6) is -0.0843. The van der Waals surface area contributed by atoms with Crippen LogP contribution in [0.4, 0.5) is 11.4 Å². The fraction of sp³-hybridized carbons (Fsp3) is 0.278. The number of carbonyl (C=O) groups excluding carboxylic acids is 1. The number of nitrogens with zero attached hydrogens (tertiary/aromatic N) is 1. The molecule has 1 amide bonds. The number of nitrogens with one attached hydrogen (secondary N) is 1. The van der Waals surface area contributed by atoms with Crippen LogP contribution in [0.5, 0.6) is 0 Å². The highest BCUT2D eigenvalue weighted by molar-refractivity contribution is 6.04. The molecular formula is C18H22N2O. The van der Waals surface area contributed by atoms with Crippen LogP contribution in [0, 0.1) is 0 Å². The highest BCUT2D eigenvalue weighted by Crippen LogP contribution is 2.21. The van der Waals surface area contributed by atoms with Gasteiger partial charge in [-0.2, -0.15) is 0 Å². The molecule has 1 atom stereocenters. The van der Waals surface area contributed by atoms with Crippen LogP contribution in [0.15, 0.2) is 54.6 Å². The van der Waals surface area contributed by atoms with E-state index in [1.165, 1.54) is 0 Å². The lowest BCUT2D eigenvalue weighted by Crippen LogP contribution is -2.27. The quantitative estimate of drug-likeness (QED) is 0.892. The fourth-order valence-corrected chi connectivity index (χ4v) is 2.12. The van der Waals surface area contributed by atoms with Gasteiger partial charge in [0, 0.05) is 30.0 Å². The molecule has 2 aromatic carbocycles. The molecule has 0 aliphatic carbocycles. The van der Waals surface area contributed by atoms with Crippen molar-refractivity contribution in [3.05, 3.63) is 60.2 Å². The normalized spacial score (nSPS) is 11.8. The van der Waals surface area contributed by atoms with E-state index in [1.54, 1.807) is 0 Å². The highest BCUT2D eigenvalue weighted by Gasteiger charge is 2.10. The Balaban J connectivity index is 2.13. The molecular weight excluding hydrogens is 260 g/mol. The van der Waals surface area contributed by atoms with E-state index in [9.17, 15) is 4.79 Å². The first-order valence-electron chi connectivity index (χ1n) is 7.31. The lowest BCUT2D eigenvalue weighted by molar-refractivity contribution is 0.102. The Morgan fingerprint density at radius 1 is 1.14 bits per heavy atom. The first-order valence-corrected chi connectivity index (χ1v) is 7.31. The topological polar surface area (TPSA) is 32.3 Å². The van der Waals surface area contributed by atoms with E-state index in [4.69, 9.17) is 0 Å². The molecule has 3 heteroatoms. The molecule has 110 valence electrons. The minimum atomic E-state index is -0.0843. The molecule has 2 rings (SSSR count). The van der Waals surface area contributed by atoms with Gasteiger partial charge in [0.15, 0.2) is 0 Å². The molecule has 21 heavy (non-hydrogen) atoms. The van der Waals surface area contributed by atoms with Crippen LogP contribution in [0.1, 0.15) is 30.6 Å². The standard InChI is InChI=1S/C18H22N2O/c1-4-14(2)20(3)17-12-8-11-16(13-17)19-18(21)15-9-6-5-7-10-15/h5-14H,4H2,1-3H3,(H,19,21). The summed E-state index contributed by atoms with van der Waals surface area (Å²) in [7, 11) is 2.08. The number of amides is 1. The first kappa shape index (κ1) is 15.1. The second-order valence-electron chi connectivity index (χ2n) is 5.24. The van der Waals surface area contributed by atoms with Gasteiger partial charge in [0.05, 0.1) is 0 Å². The monoisotopic (exact) mass is 282 g/mol. The van der Waals surface area contributed by atoms with E-state index in [1.807, 2.05) is 48.5 Å². The van der Waals surface area contributed by atoms with Crippen LogP contribution >= 0.6 is 0 Å². The number of anilines is 2. The zero-order valence-corrected chi connectivity index (χ0v) is 12.8. The van der Waals surface area contributed by atoms with Crippen molar-refractivity contribution in [2.45, 2.75) is 26.3 Å². The van der Waals surface area contributed by atoms with E-state index < -0.39 is 0 Å². The van der Waals surface area contributed by atoms with Gasteiger partial charge in [-0.25, -0.2) is 0 Å². The number of hydrogen-bond acceptors (Lipinski definition) is 2. The van der Waals surface area contributed by atoms with E-state index in [2.05, 4.69) is 37.2 Å². The molecule has 1 unspecified atom stereocenters. The van der Waals surface area contributed by atoms with Crippen LogP contribution in [0.2, 0.25) is 0 Å². The molecule has 0 fully saturated rings. The Hall–Kier alpha value is -2.29. The van der Waals surface area contributed by atoms with Crippen LogP contribution in [-0.2, 0) is 0 Å². The van der Waals surface area contributed by atoms with Gasteiger partial charge in [-0.1, -0.05) is 31.2 Å². The summed E-state index contributed by atoms with van der Waals surface area (Å²) in [4.78, 5) is 14.4. The summed E-state index contributed by atoms with van der Waals surface area (Å²) >= 11 is 0. The molecule has 1 N–H and O–H groups in total. The largest absolute Gasteiger partial charge is 0.372 e. The first-order chi connectivity index (χ1) is 10.1. The summed E-state index contributed by atoms with van der Waals surface area (Å²) in [6.07, 6.45) is 1.08. The molecule has 3 nitrogen and oxygen atoms in total. The fourth-order valence-electron chi connectivity index (χ4n) is 2.12. The van der Waals surface area contributed by atoms with E-state index in [0.29, 0.717) is 11.6 Å². The molecule has 0 heterocycles. The average Bonchev–Trinajstić information content (AvgIpc) is 2.54. The van der Waals surface area contributed by atoms with Crippen LogP contribution in [-0.4, -0.2) is 19.0 Å². The van der Waals surface area contributed by atoms with Crippen molar-refractivity contribution in [2.75, 3.05) is 17.3 Å². The maximum atomic E-state index is 12.2. The molecule has 0 saturated heterocycles. The van der Waals surface area contributed by atoms with E-state index >= 15 is 0 Å². The number of benzene rings is 2. The Labute approximate surface area is 126 Å². The van der Waals surface area contributed by atoms with Gasteiger partial charge in [0.2, 0.25) is 0 Å². The third-order valence-electron chi connectivity index (χ3n) is 3.80. The number of hydrogen-bond donors (Lipinski definition) is 1. The van der Waals surface area contributed by atoms with Crippen LogP contribution in [0.3, 0.4) is 0 Å². The molecule has 0 radical (unpaired) electrons. The van der Waals surface area contributed by atoms with Crippen molar-refractivity contribution < 1.29 is 4.79 Å². The van der Waals surface area contributed by atoms with Gasteiger partial charge >= 0.3 is 0 Å². The zero-order valence-electron chi connectivity index (χ0n) is 12.8. The second kappa shape index (κ2) is 6.93. The Kier molecular flexibility index (Phi) is 4.99. The number of rotatable bonds is 5. The molecule has 0 saturated carbocycles. The lowest BCUT2D eigenvalue weighted by atomic mass is 10.1. The minimum absolute atomic E-state index is 0.0843.